The van der Waals surface area contributed by atoms with E-state index in [1.165, 1.54) is 0 Å². The number of aromatic nitrogens is 2. The Morgan fingerprint density at radius 2 is 2.00 bits per heavy atom. The molecule has 1 N–H and O–H groups in total. The van der Waals surface area contributed by atoms with Crippen LogP contribution in [0.2, 0.25) is 0 Å². The number of hydrogen-bond donors (Lipinski definition) is 1. The number of nitrogens with zero attached hydrogens (tertiary/aromatic N) is 2. The average molecular weight is 359 g/mol. The third kappa shape index (κ3) is 3.21. The van der Waals surface area contributed by atoms with Crippen molar-refractivity contribution in [2.75, 3.05) is 0 Å². The fourth-order valence-electron chi connectivity index (χ4n) is 2.92. The van der Waals surface area contributed by atoms with Crippen LogP contribution in [0.1, 0.15) is 21.6 Å². The first-order valence-electron chi connectivity index (χ1n) is 8.35. The zero-order valence-corrected chi connectivity index (χ0v) is 15.1. The van der Waals surface area contributed by atoms with Crippen molar-refractivity contribution in [2.24, 2.45) is 0 Å². The minimum absolute atomic E-state index is 0.130. The summed E-state index contributed by atoms with van der Waals surface area (Å²) in [4.78, 5) is 22.9. The van der Waals surface area contributed by atoms with Gasteiger partial charge in [0.05, 0.1) is 21.7 Å². The molecular formula is C21H17N3OS. The number of fused-ring (bicyclic) bond motifs is 1. The van der Waals surface area contributed by atoms with Crippen LogP contribution in [0.4, 0.5) is 0 Å². The number of pyridine rings is 2. The Morgan fingerprint density at radius 1 is 1.08 bits per heavy atom. The van der Waals surface area contributed by atoms with Gasteiger partial charge in [-0.3, -0.25) is 14.8 Å². The molecule has 0 aliphatic carbocycles. The van der Waals surface area contributed by atoms with Gasteiger partial charge in [-0.25, -0.2) is 0 Å². The van der Waals surface area contributed by atoms with Crippen molar-refractivity contribution in [3.63, 3.8) is 0 Å². The number of thiophene rings is 1. The lowest BCUT2D eigenvalue weighted by molar-refractivity contribution is 0.0952. The first-order valence-corrected chi connectivity index (χ1v) is 9.23. The van der Waals surface area contributed by atoms with Gasteiger partial charge in [-0.2, -0.15) is 0 Å². The van der Waals surface area contributed by atoms with Crippen LogP contribution in [0, 0.1) is 6.92 Å². The fourth-order valence-corrected chi connectivity index (χ4v) is 3.67. The molecule has 0 spiro atoms. The second-order valence-corrected chi connectivity index (χ2v) is 6.95. The van der Waals surface area contributed by atoms with E-state index in [0.29, 0.717) is 12.1 Å². The molecule has 4 nitrogen and oxygen atoms in total. The molecule has 0 bridgehead atoms. The molecule has 0 saturated carbocycles. The highest BCUT2D eigenvalue weighted by Gasteiger charge is 2.13. The first kappa shape index (κ1) is 16.4. The normalized spacial score (nSPS) is 10.8. The third-order valence-electron chi connectivity index (χ3n) is 4.19. The second kappa shape index (κ2) is 7.06. The zero-order chi connectivity index (χ0) is 17.9. The smallest absolute Gasteiger partial charge is 0.253 e. The molecule has 1 amide bonds. The number of hydrogen-bond acceptors (Lipinski definition) is 4. The molecule has 128 valence electrons. The molecule has 0 saturated heterocycles. The Hall–Kier alpha value is -3.05. The van der Waals surface area contributed by atoms with Gasteiger partial charge in [-0.1, -0.05) is 30.3 Å². The van der Waals surface area contributed by atoms with Crippen LogP contribution in [0.3, 0.4) is 0 Å². The Labute approximate surface area is 155 Å². The number of amides is 1. The van der Waals surface area contributed by atoms with Crippen LogP contribution < -0.4 is 5.32 Å². The van der Waals surface area contributed by atoms with Gasteiger partial charge < -0.3 is 5.32 Å². The Balaban J connectivity index is 1.60. The third-order valence-corrected chi connectivity index (χ3v) is 5.07. The van der Waals surface area contributed by atoms with Crippen LogP contribution in [0.25, 0.3) is 21.5 Å². The highest BCUT2D eigenvalue weighted by atomic mass is 32.1. The topological polar surface area (TPSA) is 54.9 Å². The largest absolute Gasteiger partial charge is 0.348 e. The number of aryl methyl sites for hydroxylation is 1. The van der Waals surface area contributed by atoms with Crippen molar-refractivity contribution in [3.8, 4) is 10.6 Å². The van der Waals surface area contributed by atoms with Crippen molar-refractivity contribution in [1.29, 1.82) is 0 Å². The predicted octanol–water partition coefficient (Wildman–Crippen LogP) is 4.60. The van der Waals surface area contributed by atoms with Crippen LogP contribution in [0.5, 0.6) is 0 Å². The van der Waals surface area contributed by atoms with Gasteiger partial charge in [0.15, 0.2) is 0 Å². The van der Waals surface area contributed by atoms with Gasteiger partial charge in [0.25, 0.3) is 5.91 Å². The monoisotopic (exact) mass is 359 g/mol. The molecular weight excluding hydrogens is 342 g/mol. The Morgan fingerprint density at radius 3 is 2.85 bits per heavy atom. The number of benzene rings is 1. The average Bonchev–Trinajstić information content (AvgIpc) is 3.20. The number of rotatable bonds is 4. The minimum atomic E-state index is -0.130. The minimum Gasteiger partial charge on any atom is -0.348 e. The SMILES string of the molecule is Cc1ccc2cccc(C(=O)NCc3cccnc3-c3cccs3)c2n1. The number of nitrogens with one attached hydrogen (secondary N) is 1. The summed E-state index contributed by atoms with van der Waals surface area (Å²) in [5.74, 6) is -0.130. The van der Waals surface area contributed by atoms with Crippen molar-refractivity contribution in [2.45, 2.75) is 13.5 Å². The predicted molar refractivity (Wildman–Crippen MR) is 105 cm³/mol. The molecule has 26 heavy (non-hydrogen) atoms. The zero-order valence-electron chi connectivity index (χ0n) is 14.3. The molecule has 3 aromatic heterocycles. The van der Waals surface area contributed by atoms with Crippen molar-refractivity contribution in [1.82, 2.24) is 15.3 Å². The van der Waals surface area contributed by atoms with Gasteiger partial charge >= 0.3 is 0 Å². The highest BCUT2D eigenvalue weighted by molar-refractivity contribution is 7.13. The van der Waals surface area contributed by atoms with E-state index in [9.17, 15) is 4.79 Å². The van der Waals surface area contributed by atoms with Crippen LogP contribution in [-0.4, -0.2) is 15.9 Å². The van der Waals surface area contributed by atoms with Gasteiger partial charge in [-0.05, 0) is 42.1 Å². The summed E-state index contributed by atoms with van der Waals surface area (Å²) in [6.07, 6.45) is 1.78. The molecule has 1 aromatic carbocycles. The summed E-state index contributed by atoms with van der Waals surface area (Å²) in [5.41, 5.74) is 4.12. The van der Waals surface area contributed by atoms with E-state index in [1.807, 2.05) is 66.9 Å². The molecule has 4 rings (SSSR count). The molecule has 0 unspecified atom stereocenters. The van der Waals surface area contributed by atoms with Gasteiger partial charge in [-0.15, -0.1) is 11.3 Å². The molecule has 3 heterocycles. The molecule has 0 radical (unpaired) electrons. The maximum atomic E-state index is 12.8. The van der Waals surface area contributed by atoms with E-state index < -0.39 is 0 Å². The highest BCUT2D eigenvalue weighted by Crippen LogP contribution is 2.26. The van der Waals surface area contributed by atoms with E-state index in [2.05, 4.69) is 15.3 Å². The Kier molecular flexibility index (Phi) is 4.46. The van der Waals surface area contributed by atoms with E-state index in [-0.39, 0.29) is 5.91 Å². The molecule has 5 heteroatoms. The van der Waals surface area contributed by atoms with E-state index in [4.69, 9.17) is 0 Å². The molecule has 0 atom stereocenters. The van der Waals surface area contributed by atoms with Gasteiger partial charge in [0, 0.05) is 23.8 Å². The van der Waals surface area contributed by atoms with Crippen molar-refractivity contribution >= 4 is 28.1 Å². The van der Waals surface area contributed by atoms with Crippen LogP contribution >= 0.6 is 11.3 Å². The van der Waals surface area contributed by atoms with Gasteiger partial charge in [0.1, 0.15) is 0 Å². The molecule has 0 aliphatic rings. The van der Waals surface area contributed by atoms with E-state index in [1.54, 1.807) is 17.5 Å². The second-order valence-electron chi connectivity index (χ2n) is 6.00. The molecule has 0 aliphatic heterocycles. The van der Waals surface area contributed by atoms with Crippen molar-refractivity contribution < 1.29 is 4.79 Å². The summed E-state index contributed by atoms with van der Waals surface area (Å²) in [5, 5.41) is 6.00. The van der Waals surface area contributed by atoms with Gasteiger partial charge in [0.2, 0.25) is 0 Å². The summed E-state index contributed by atoms with van der Waals surface area (Å²) in [6, 6.07) is 17.5. The van der Waals surface area contributed by atoms with Crippen LogP contribution in [0.15, 0.2) is 66.2 Å². The quantitative estimate of drug-likeness (QED) is 0.579. The lowest BCUT2D eigenvalue weighted by Crippen LogP contribution is -2.23. The standard InChI is InChI=1S/C21H17N3OS/c1-14-9-10-15-5-2-7-17(19(15)24-14)21(25)23-13-16-6-3-11-22-20(16)18-8-4-12-26-18/h2-12H,13H2,1H3,(H,23,25). The van der Waals surface area contributed by atoms with E-state index >= 15 is 0 Å². The summed E-state index contributed by atoms with van der Waals surface area (Å²) >= 11 is 1.64. The maximum Gasteiger partial charge on any atom is 0.253 e. The summed E-state index contributed by atoms with van der Waals surface area (Å²) in [7, 11) is 0. The van der Waals surface area contributed by atoms with Crippen molar-refractivity contribution in [3.05, 3.63) is 83.0 Å². The number of para-hydroxylation sites is 1. The summed E-state index contributed by atoms with van der Waals surface area (Å²) < 4.78 is 0. The molecule has 0 fully saturated rings. The molecule has 4 aromatic rings. The number of carbonyl (C=O) groups is 1. The van der Waals surface area contributed by atoms with Crippen LogP contribution in [-0.2, 0) is 6.54 Å². The van der Waals surface area contributed by atoms with E-state index in [0.717, 1.165) is 32.7 Å². The summed E-state index contributed by atoms with van der Waals surface area (Å²) in [6.45, 7) is 2.35. The maximum absolute atomic E-state index is 12.8. The fraction of sp³-hybridized carbons (Fsp3) is 0.0952. The number of carbonyl (C=O) groups excluding carboxylic acids is 1. The lowest BCUT2D eigenvalue weighted by atomic mass is 10.1. The lowest BCUT2D eigenvalue weighted by Gasteiger charge is -2.10. The first-order chi connectivity index (χ1) is 12.7. The Bertz CT molecular complexity index is 1070.